The van der Waals surface area contributed by atoms with Crippen LogP contribution in [0.15, 0.2) is 18.2 Å². The van der Waals surface area contributed by atoms with Gasteiger partial charge in [-0.15, -0.1) is 0 Å². The molecule has 0 spiro atoms. The van der Waals surface area contributed by atoms with Crippen molar-refractivity contribution in [3.05, 3.63) is 29.3 Å². The summed E-state index contributed by atoms with van der Waals surface area (Å²) in [5, 5.41) is 8.74. The van der Waals surface area contributed by atoms with E-state index >= 15 is 0 Å². The lowest BCUT2D eigenvalue weighted by atomic mass is 10.0. The number of likely N-dealkylation sites (N-methyl/N-ethyl adjacent to an activating group) is 1. The number of hydrogen-bond donors (Lipinski definition) is 2. The lowest BCUT2D eigenvalue weighted by Crippen LogP contribution is -2.44. The highest BCUT2D eigenvalue weighted by molar-refractivity contribution is 5.48. The van der Waals surface area contributed by atoms with E-state index in [1.54, 1.807) is 5.48 Å². The topological polar surface area (TPSA) is 38.7 Å². The second-order valence-corrected chi connectivity index (χ2v) is 5.06. The van der Waals surface area contributed by atoms with E-state index in [1.165, 1.54) is 12.1 Å². The Hall–Kier alpha value is -1.31. The minimum atomic E-state index is -4.42. The van der Waals surface area contributed by atoms with Crippen LogP contribution in [0, 0.1) is 0 Å². The van der Waals surface area contributed by atoms with Crippen LogP contribution in [0.1, 0.15) is 11.1 Å². The molecule has 0 aromatic heterocycles. The molecule has 0 saturated carbocycles. The maximum Gasteiger partial charge on any atom is 0.416 e. The molecule has 1 fully saturated rings. The van der Waals surface area contributed by atoms with Gasteiger partial charge in [0.1, 0.15) is 0 Å². The lowest BCUT2D eigenvalue weighted by molar-refractivity contribution is -0.138. The van der Waals surface area contributed by atoms with Crippen LogP contribution in [0.3, 0.4) is 0 Å². The van der Waals surface area contributed by atoms with Gasteiger partial charge in [0.05, 0.1) is 11.3 Å². The highest BCUT2D eigenvalue weighted by Gasteiger charge is 2.34. The molecule has 1 heterocycles. The van der Waals surface area contributed by atoms with E-state index in [1.807, 2.05) is 11.9 Å². The van der Waals surface area contributed by atoms with Crippen LogP contribution in [-0.4, -0.2) is 48.2 Å². The highest BCUT2D eigenvalue weighted by atomic mass is 19.4. The summed E-state index contributed by atoms with van der Waals surface area (Å²) in [4.78, 5) is 4.16. The molecular weight excluding hydrogens is 271 g/mol. The normalized spacial score (nSPS) is 18.2. The van der Waals surface area contributed by atoms with Crippen molar-refractivity contribution in [2.24, 2.45) is 0 Å². The number of anilines is 1. The van der Waals surface area contributed by atoms with Crippen molar-refractivity contribution in [2.45, 2.75) is 12.7 Å². The second-order valence-electron chi connectivity index (χ2n) is 5.06. The molecule has 0 bridgehead atoms. The summed E-state index contributed by atoms with van der Waals surface area (Å²) in [7, 11) is 2.00. The molecular formula is C13H18F3N3O. The van der Waals surface area contributed by atoms with Crippen molar-refractivity contribution in [2.75, 3.05) is 38.7 Å². The van der Waals surface area contributed by atoms with E-state index in [0.717, 1.165) is 32.2 Å². The standard InChI is InChI=1S/C13H18F3N3O/c1-18-4-6-19(7-5-18)9-10-2-3-11(17-20)8-12(10)13(14,15)16/h2-3,8,17,20H,4-7,9H2,1H3. The van der Waals surface area contributed by atoms with Crippen LogP contribution < -0.4 is 5.48 Å². The molecule has 2 rings (SSSR count). The fraction of sp³-hybridized carbons (Fsp3) is 0.538. The largest absolute Gasteiger partial charge is 0.416 e. The number of piperazine rings is 1. The fourth-order valence-corrected chi connectivity index (χ4v) is 2.29. The first-order chi connectivity index (χ1) is 9.40. The monoisotopic (exact) mass is 289 g/mol. The van der Waals surface area contributed by atoms with Gasteiger partial charge in [-0.3, -0.25) is 15.6 Å². The van der Waals surface area contributed by atoms with Gasteiger partial charge in [0, 0.05) is 32.7 Å². The van der Waals surface area contributed by atoms with Crippen LogP contribution >= 0.6 is 0 Å². The van der Waals surface area contributed by atoms with E-state index in [9.17, 15) is 13.2 Å². The summed E-state index contributed by atoms with van der Waals surface area (Å²) < 4.78 is 39.1. The molecule has 0 amide bonds. The Balaban J connectivity index is 2.18. The van der Waals surface area contributed by atoms with Crippen molar-refractivity contribution in [3.8, 4) is 0 Å². The van der Waals surface area contributed by atoms with Gasteiger partial charge in [-0.25, -0.2) is 0 Å². The van der Waals surface area contributed by atoms with Gasteiger partial charge in [0.2, 0.25) is 0 Å². The maximum absolute atomic E-state index is 13.0. The Kier molecular flexibility index (Phi) is 4.52. The molecule has 1 aromatic rings. The van der Waals surface area contributed by atoms with Crippen molar-refractivity contribution < 1.29 is 18.4 Å². The zero-order valence-electron chi connectivity index (χ0n) is 11.2. The Bertz CT molecular complexity index is 457. The smallest absolute Gasteiger partial charge is 0.304 e. The molecule has 112 valence electrons. The Morgan fingerprint density at radius 3 is 2.40 bits per heavy atom. The van der Waals surface area contributed by atoms with Crippen LogP contribution in [0.5, 0.6) is 0 Å². The average molecular weight is 289 g/mol. The molecule has 0 unspecified atom stereocenters. The predicted octanol–water partition coefficient (Wildman–Crippen LogP) is 2.25. The first-order valence-corrected chi connectivity index (χ1v) is 6.41. The molecule has 7 heteroatoms. The van der Waals surface area contributed by atoms with Gasteiger partial charge in [0.15, 0.2) is 0 Å². The zero-order chi connectivity index (χ0) is 14.8. The number of alkyl halides is 3. The summed E-state index contributed by atoms with van der Waals surface area (Å²) in [6.07, 6.45) is -4.42. The van der Waals surface area contributed by atoms with Crippen LogP contribution in [0.2, 0.25) is 0 Å². The Morgan fingerprint density at radius 2 is 1.85 bits per heavy atom. The van der Waals surface area contributed by atoms with Crippen molar-refractivity contribution in [3.63, 3.8) is 0 Å². The van der Waals surface area contributed by atoms with Crippen molar-refractivity contribution in [1.29, 1.82) is 0 Å². The minimum absolute atomic E-state index is 0.0412. The molecule has 20 heavy (non-hydrogen) atoms. The first kappa shape index (κ1) is 15.1. The summed E-state index contributed by atoms with van der Waals surface area (Å²) >= 11 is 0. The van der Waals surface area contributed by atoms with Crippen LogP contribution in [0.25, 0.3) is 0 Å². The number of nitrogens with one attached hydrogen (secondary N) is 1. The number of halogens is 3. The van der Waals surface area contributed by atoms with Gasteiger partial charge in [-0.1, -0.05) is 6.07 Å². The van der Waals surface area contributed by atoms with Gasteiger partial charge < -0.3 is 4.90 Å². The molecule has 1 aliphatic rings. The molecule has 0 radical (unpaired) electrons. The average Bonchev–Trinajstić information content (AvgIpc) is 2.40. The van der Waals surface area contributed by atoms with Gasteiger partial charge in [-0.05, 0) is 24.7 Å². The van der Waals surface area contributed by atoms with E-state index in [4.69, 9.17) is 5.21 Å². The summed E-state index contributed by atoms with van der Waals surface area (Å²) in [6.45, 7) is 3.51. The molecule has 1 saturated heterocycles. The second kappa shape index (κ2) is 5.99. The van der Waals surface area contributed by atoms with E-state index in [0.29, 0.717) is 0 Å². The van der Waals surface area contributed by atoms with Crippen LogP contribution in [-0.2, 0) is 12.7 Å². The summed E-state index contributed by atoms with van der Waals surface area (Å²) in [6, 6.07) is 3.80. The number of rotatable bonds is 3. The van der Waals surface area contributed by atoms with Gasteiger partial charge in [0.25, 0.3) is 0 Å². The van der Waals surface area contributed by atoms with Gasteiger partial charge >= 0.3 is 6.18 Å². The zero-order valence-corrected chi connectivity index (χ0v) is 11.2. The Morgan fingerprint density at radius 1 is 1.20 bits per heavy atom. The minimum Gasteiger partial charge on any atom is -0.304 e. The molecule has 0 atom stereocenters. The van der Waals surface area contributed by atoms with E-state index < -0.39 is 11.7 Å². The SMILES string of the molecule is CN1CCN(Cc2ccc(NO)cc2C(F)(F)F)CC1. The van der Waals surface area contributed by atoms with E-state index in [2.05, 4.69) is 4.90 Å². The van der Waals surface area contributed by atoms with E-state index in [-0.39, 0.29) is 17.8 Å². The number of benzene rings is 1. The fourth-order valence-electron chi connectivity index (χ4n) is 2.29. The third kappa shape index (κ3) is 3.62. The van der Waals surface area contributed by atoms with Crippen molar-refractivity contribution >= 4 is 5.69 Å². The third-order valence-corrected chi connectivity index (χ3v) is 3.53. The quantitative estimate of drug-likeness (QED) is 0.837. The third-order valence-electron chi connectivity index (χ3n) is 3.53. The molecule has 2 N–H and O–H groups in total. The number of nitrogens with zero attached hydrogens (tertiary/aromatic N) is 2. The van der Waals surface area contributed by atoms with Gasteiger partial charge in [-0.2, -0.15) is 13.2 Å². The number of hydrogen-bond acceptors (Lipinski definition) is 4. The first-order valence-electron chi connectivity index (χ1n) is 6.41. The predicted molar refractivity (Wildman–Crippen MR) is 69.6 cm³/mol. The van der Waals surface area contributed by atoms with Crippen LogP contribution in [0.4, 0.5) is 18.9 Å². The molecule has 4 nitrogen and oxygen atoms in total. The Labute approximate surface area is 115 Å². The summed E-state index contributed by atoms with van der Waals surface area (Å²) in [5.41, 5.74) is 1.34. The highest BCUT2D eigenvalue weighted by Crippen LogP contribution is 2.34. The molecule has 1 aliphatic heterocycles. The molecule has 0 aliphatic carbocycles. The molecule has 1 aromatic carbocycles. The summed E-state index contributed by atoms with van der Waals surface area (Å²) in [5.74, 6) is 0. The van der Waals surface area contributed by atoms with Crippen molar-refractivity contribution in [1.82, 2.24) is 9.80 Å². The maximum atomic E-state index is 13.0. The lowest BCUT2D eigenvalue weighted by Gasteiger charge is -2.32.